The normalized spacial score (nSPS) is 14.5. The van der Waals surface area contributed by atoms with Crippen LogP contribution >= 0.6 is 11.6 Å². The lowest BCUT2D eigenvalue weighted by Gasteiger charge is -2.22. The van der Waals surface area contributed by atoms with Crippen LogP contribution in [0.2, 0.25) is 5.02 Å². The largest absolute Gasteiger partial charge is 0.489 e. The highest BCUT2D eigenvalue weighted by Crippen LogP contribution is 2.33. The van der Waals surface area contributed by atoms with Gasteiger partial charge in [-0.15, -0.1) is 0 Å². The number of nitrogens with two attached hydrogens (primary N) is 1. The Morgan fingerprint density at radius 1 is 1.00 bits per heavy atom. The molecule has 3 N–H and O–H groups in total. The van der Waals surface area contributed by atoms with Crippen molar-refractivity contribution in [2.75, 3.05) is 18.8 Å². The van der Waals surface area contributed by atoms with Crippen molar-refractivity contribution in [3.63, 3.8) is 0 Å². The number of hydrogen-bond acceptors (Lipinski definition) is 6. The highest BCUT2D eigenvalue weighted by atomic mass is 35.5. The van der Waals surface area contributed by atoms with Crippen LogP contribution in [0.4, 0.5) is 5.82 Å². The van der Waals surface area contributed by atoms with Crippen LogP contribution in [0.1, 0.15) is 18.4 Å². The van der Waals surface area contributed by atoms with Gasteiger partial charge >= 0.3 is 0 Å². The molecule has 0 bridgehead atoms. The first-order valence-corrected chi connectivity index (χ1v) is 12.6. The molecule has 0 spiro atoms. The number of aromatic nitrogens is 4. The zero-order valence-corrected chi connectivity index (χ0v) is 20.6. The Hall–Kier alpha value is -3.68. The van der Waals surface area contributed by atoms with E-state index in [-0.39, 0.29) is 0 Å². The molecular weight excluding hydrogens is 472 g/mol. The molecule has 6 rings (SSSR count). The van der Waals surface area contributed by atoms with Gasteiger partial charge in [0, 0.05) is 22.7 Å². The molecule has 8 heteroatoms. The van der Waals surface area contributed by atoms with Gasteiger partial charge in [0.25, 0.3) is 0 Å². The van der Waals surface area contributed by atoms with Crippen LogP contribution in [0, 0.1) is 5.92 Å². The predicted molar refractivity (Wildman–Crippen MR) is 144 cm³/mol. The van der Waals surface area contributed by atoms with Crippen molar-refractivity contribution >= 4 is 39.2 Å². The van der Waals surface area contributed by atoms with E-state index >= 15 is 0 Å². The van der Waals surface area contributed by atoms with Crippen molar-refractivity contribution in [3.05, 3.63) is 77.6 Å². The fraction of sp³-hybridized carbons (Fsp3) is 0.250. The first kappa shape index (κ1) is 22.8. The van der Waals surface area contributed by atoms with Gasteiger partial charge in [0.2, 0.25) is 0 Å². The Labute approximate surface area is 214 Å². The molecule has 182 valence electrons. The van der Waals surface area contributed by atoms with E-state index < -0.39 is 0 Å². The smallest absolute Gasteiger partial charge is 0.163 e. The number of fused-ring (bicyclic) bond motifs is 2. The van der Waals surface area contributed by atoms with Crippen LogP contribution in [-0.2, 0) is 13.2 Å². The monoisotopic (exact) mass is 498 g/mol. The minimum atomic E-state index is 0.420. The van der Waals surface area contributed by atoms with Crippen molar-refractivity contribution in [1.29, 1.82) is 0 Å². The molecular formula is C28H27ClN6O. The third-order valence-electron chi connectivity index (χ3n) is 6.89. The number of nitrogens with one attached hydrogen (secondary N) is 1. The highest BCUT2D eigenvalue weighted by molar-refractivity contribution is 6.31. The van der Waals surface area contributed by atoms with Crippen LogP contribution in [0.15, 0.2) is 67.0 Å². The van der Waals surface area contributed by atoms with Gasteiger partial charge in [0.1, 0.15) is 30.2 Å². The molecule has 1 fully saturated rings. The molecule has 7 nitrogen and oxygen atoms in total. The molecule has 0 radical (unpaired) electrons. The highest BCUT2D eigenvalue weighted by Gasteiger charge is 2.21. The Morgan fingerprint density at radius 3 is 2.67 bits per heavy atom. The molecule has 3 heterocycles. The standard InChI is InChI=1S/C28H27ClN6O/c29-24-4-2-1-3-22(24)16-36-23-8-7-19-13-21(6-5-20(19)14-23)26-25-27(30)32-17-33-28(25)35(34-26)15-18-9-11-31-12-10-18/h1-8,13-14,17-18,31H,9-12,15-16H2,(H2,30,32,33). The SMILES string of the molecule is Nc1ncnc2c1c(-c1ccc3cc(OCc4ccccc4Cl)ccc3c1)nn2CC1CCNCC1. The summed E-state index contributed by atoms with van der Waals surface area (Å²) in [7, 11) is 0. The molecule has 1 saturated heterocycles. The Balaban J connectivity index is 1.31. The van der Waals surface area contributed by atoms with Crippen LogP contribution in [-0.4, -0.2) is 32.8 Å². The van der Waals surface area contributed by atoms with E-state index in [4.69, 9.17) is 27.2 Å². The lowest BCUT2D eigenvalue weighted by molar-refractivity contribution is 0.307. The van der Waals surface area contributed by atoms with Crippen LogP contribution in [0.5, 0.6) is 5.75 Å². The van der Waals surface area contributed by atoms with Gasteiger partial charge in [-0.3, -0.25) is 0 Å². The Kier molecular flexibility index (Phi) is 6.17. The van der Waals surface area contributed by atoms with Crippen molar-refractivity contribution in [3.8, 4) is 17.0 Å². The topological polar surface area (TPSA) is 90.9 Å². The summed E-state index contributed by atoms with van der Waals surface area (Å²) in [6.07, 6.45) is 3.79. The molecule has 36 heavy (non-hydrogen) atoms. The van der Waals surface area contributed by atoms with Crippen molar-refractivity contribution in [2.45, 2.75) is 26.0 Å². The minimum absolute atomic E-state index is 0.420. The van der Waals surface area contributed by atoms with Gasteiger partial charge in [-0.25, -0.2) is 14.6 Å². The van der Waals surface area contributed by atoms with E-state index in [0.29, 0.717) is 23.4 Å². The summed E-state index contributed by atoms with van der Waals surface area (Å²) in [5, 5.41) is 12.1. The molecule has 3 aromatic carbocycles. The van der Waals surface area contributed by atoms with Gasteiger partial charge < -0.3 is 15.8 Å². The molecule has 0 unspecified atom stereocenters. The predicted octanol–water partition coefficient (Wildman–Crippen LogP) is 5.46. The quantitative estimate of drug-likeness (QED) is 0.323. The molecule has 1 aliphatic heterocycles. The van der Waals surface area contributed by atoms with Crippen molar-refractivity contribution in [1.82, 2.24) is 25.1 Å². The number of nitrogen functional groups attached to an aromatic ring is 1. The molecule has 0 atom stereocenters. The summed E-state index contributed by atoms with van der Waals surface area (Å²) in [6, 6.07) is 20.1. The number of ether oxygens (including phenoxy) is 1. The van der Waals surface area contributed by atoms with Gasteiger partial charge in [-0.05, 0) is 66.9 Å². The van der Waals surface area contributed by atoms with Gasteiger partial charge in [-0.2, -0.15) is 5.10 Å². The maximum atomic E-state index is 6.32. The van der Waals surface area contributed by atoms with Crippen molar-refractivity contribution in [2.24, 2.45) is 5.92 Å². The van der Waals surface area contributed by atoms with E-state index in [9.17, 15) is 0 Å². The third kappa shape index (κ3) is 4.47. The lowest BCUT2D eigenvalue weighted by atomic mass is 9.98. The summed E-state index contributed by atoms with van der Waals surface area (Å²) in [5.74, 6) is 1.82. The minimum Gasteiger partial charge on any atom is -0.489 e. The second kappa shape index (κ2) is 9.76. The number of nitrogens with zero attached hydrogens (tertiary/aromatic N) is 4. The summed E-state index contributed by atoms with van der Waals surface area (Å²) in [5.41, 5.74) is 9.88. The van der Waals surface area contributed by atoms with Crippen LogP contribution < -0.4 is 15.8 Å². The number of hydrogen-bond donors (Lipinski definition) is 2. The summed E-state index contributed by atoms with van der Waals surface area (Å²) in [6.45, 7) is 3.34. The fourth-order valence-electron chi connectivity index (χ4n) is 4.91. The van der Waals surface area contributed by atoms with E-state index in [1.807, 2.05) is 41.1 Å². The summed E-state index contributed by atoms with van der Waals surface area (Å²) >= 11 is 6.26. The van der Waals surface area contributed by atoms with Gasteiger partial charge in [-0.1, -0.05) is 48.0 Å². The van der Waals surface area contributed by atoms with Crippen LogP contribution in [0.25, 0.3) is 33.1 Å². The second-order valence-corrected chi connectivity index (χ2v) is 9.69. The van der Waals surface area contributed by atoms with E-state index in [1.54, 1.807) is 0 Å². The molecule has 5 aromatic rings. The fourth-order valence-corrected chi connectivity index (χ4v) is 5.10. The number of anilines is 1. The van der Waals surface area contributed by atoms with Gasteiger partial charge in [0.15, 0.2) is 5.65 Å². The van der Waals surface area contributed by atoms with Gasteiger partial charge in [0.05, 0.1) is 5.39 Å². The molecule has 0 saturated carbocycles. The average molecular weight is 499 g/mol. The first-order chi connectivity index (χ1) is 17.7. The lowest BCUT2D eigenvalue weighted by Crippen LogP contribution is -2.30. The zero-order valence-electron chi connectivity index (χ0n) is 19.8. The molecule has 0 aliphatic carbocycles. The summed E-state index contributed by atoms with van der Waals surface area (Å²) in [4.78, 5) is 8.80. The number of halogens is 1. The number of benzene rings is 3. The molecule has 2 aromatic heterocycles. The zero-order chi connectivity index (χ0) is 24.5. The van der Waals surface area contributed by atoms with E-state index in [1.165, 1.54) is 6.33 Å². The first-order valence-electron chi connectivity index (χ1n) is 12.2. The Morgan fingerprint density at radius 2 is 1.81 bits per heavy atom. The maximum absolute atomic E-state index is 6.32. The third-order valence-corrected chi connectivity index (χ3v) is 7.25. The summed E-state index contributed by atoms with van der Waals surface area (Å²) < 4.78 is 8.02. The average Bonchev–Trinajstić information content (AvgIpc) is 3.28. The van der Waals surface area contributed by atoms with Crippen molar-refractivity contribution < 1.29 is 4.74 Å². The van der Waals surface area contributed by atoms with E-state index in [0.717, 1.165) is 76.9 Å². The molecule has 0 amide bonds. The van der Waals surface area contributed by atoms with E-state index in [2.05, 4.69) is 39.6 Å². The second-order valence-electron chi connectivity index (χ2n) is 9.29. The van der Waals surface area contributed by atoms with Crippen LogP contribution in [0.3, 0.4) is 0 Å². The maximum Gasteiger partial charge on any atom is 0.163 e. The Bertz CT molecular complexity index is 1540. The number of rotatable bonds is 6. The number of piperidine rings is 1. The molecule has 1 aliphatic rings.